The van der Waals surface area contributed by atoms with Crippen molar-refractivity contribution in [3.63, 3.8) is 0 Å². The fraction of sp³-hybridized carbons (Fsp3) is 0.310. The van der Waals surface area contributed by atoms with Gasteiger partial charge in [-0.15, -0.1) is 0 Å². The van der Waals surface area contributed by atoms with Crippen molar-refractivity contribution in [3.05, 3.63) is 108 Å². The molecule has 2 unspecified atom stereocenters. The number of morpholine rings is 1. The molecule has 1 aliphatic heterocycles. The molecule has 0 bridgehead atoms. The van der Waals surface area contributed by atoms with Crippen LogP contribution in [0.4, 0.5) is 0 Å². The molecule has 2 atom stereocenters. The Morgan fingerprint density at radius 3 is 2.41 bits per heavy atom. The molecule has 0 amide bonds. The molecule has 3 aromatic rings. The third kappa shape index (κ3) is 6.56. The zero-order valence-electron chi connectivity index (χ0n) is 18.9. The van der Waals surface area contributed by atoms with Gasteiger partial charge in [-0.05, 0) is 54.2 Å². The van der Waals surface area contributed by atoms with Crippen molar-refractivity contribution in [2.75, 3.05) is 26.4 Å². The average Bonchev–Trinajstić information content (AvgIpc) is 2.86. The van der Waals surface area contributed by atoms with E-state index < -0.39 is 0 Å². The van der Waals surface area contributed by atoms with E-state index in [0.717, 1.165) is 38.3 Å². The number of benzene rings is 3. The standard InChI is InChI=1S/C29H33NO2/c1-23(25-10-6-3-7-11-25)20-27(21-24-8-4-2-5-9-24)26-12-14-29(15-13-26)32-18-16-28-22-31-19-17-30-28/h2-15,20,27-28,30H,16-19,21-22H2,1H3. The highest BCUT2D eigenvalue weighted by molar-refractivity contribution is 5.64. The first-order valence-corrected chi connectivity index (χ1v) is 11.6. The Bertz CT molecular complexity index is 961. The van der Waals surface area contributed by atoms with Gasteiger partial charge in [0.05, 0.1) is 19.8 Å². The Balaban J connectivity index is 1.45. The second kappa shape index (κ2) is 11.7. The van der Waals surface area contributed by atoms with Crippen LogP contribution < -0.4 is 10.1 Å². The smallest absolute Gasteiger partial charge is 0.119 e. The lowest BCUT2D eigenvalue weighted by Crippen LogP contribution is -2.41. The maximum atomic E-state index is 6.00. The number of hydrogen-bond donors (Lipinski definition) is 1. The molecule has 0 aromatic heterocycles. The second-order valence-electron chi connectivity index (χ2n) is 8.44. The molecule has 166 valence electrons. The first kappa shape index (κ1) is 22.3. The molecule has 3 nitrogen and oxygen atoms in total. The topological polar surface area (TPSA) is 30.5 Å². The fourth-order valence-electron chi connectivity index (χ4n) is 4.18. The molecule has 0 aliphatic carbocycles. The van der Waals surface area contributed by atoms with Gasteiger partial charge in [-0.3, -0.25) is 0 Å². The summed E-state index contributed by atoms with van der Waals surface area (Å²) in [7, 11) is 0. The zero-order chi connectivity index (χ0) is 22.0. The Morgan fingerprint density at radius 2 is 1.72 bits per heavy atom. The van der Waals surface area contributed by atoms with Crippen molar-refractivity contribution < 1.29 is 9.47 Å². The summed E-state index contributed by atoms with van der Waals surface area (Å²) in [4.78, 5) is 0. The first-order valence-electron chi connectivity index (χ1n) is 11.6. The van der Waals surface area contributed by atoms with E-state index in [-0.39, 0.29) is 0 Å². The van der Waals surface area contributed by atoms with E-state index in [4.69, 9.17) is 9.47 Å². The molecule has 0 radical (unpaired) electrons. The number of allylic oxidation sites excluding steroid dienone is 2. The summed E-state index contributed by atoms with van der Waals surface area (Å²) in [6.45, 7) is 5.41. The van der Waals surface area contributed by atoms with E-state index in [1.54, 1.807) is 0 Å². The van der Waals surface area contributed by atoms with Crippen molar-refractivity contribution in [1.82, 2.24) is 5.32 Å². The van der Waals surface area contributed by atoms with Crippen molar-refractivity contribution in [3.8, 4) is 5.75 Å². The normalized spacial score (nSPS) is 17.7. The molecule has 1 fully saturated rings. The third-order valence-electron chi connectivity index (χ3n) is 6.02. The van der Waals surface area contributed by atoms with Gasteiger partial charge in [0, 0.05) is 18.5 Å². The summed E-state index contributed by atoms with van der Waals surface area (Å²) in [6, 6.07) is 30.3. The van der Waals surface area contributed by atoms with Crippen LogP contribution in [-0.4, -0.2) is 32.4 Å². The van der Waals surface area contributed by atoms with Gasteiger partial charge in [0.1, 0.15) is 5.75 Å². The maximum Gasteiger partial charge on any atom is 0.119 e. The van der Waals surface area contributed by atoms with Gasteiger partial charge in [0.2, 0.25) is 0 Å². The minimum Gasteiger partial charge on any atom is -0.494 e. The molecular weight excluding hydrogens is 394 g/mol. The summed E-state index contributed by atoms with van der Waals surface area (Å²) in [5.41, 5.74) is 5.22. The molecule has 4 rings (SSSR count). The van der Waals surface area contributed by atoms with E-state index in [0.29, 0.717) is 18.6 Å². The van der Waals surface area contributed by atoms with Gasteiger partial charge in [-0.2, -0.15) is 0 Å². The summed E-state index contributed by atoms with van der Waals surface area (Å²) in [6.07, 6.45) is 4.32. The molecule has 1 N–H and O–H groups in total. The van der Waals surface area contributed by atoms with Crippen LogP contribution in [0, 0.1) is 0 Å². The van der Waals surface area contributed by atoms with Crippen LogP contribution in [0.15, 0.2) is 91.0 Å². The van der Waals surface area contributed by atoms with Crippen molar-refractivity contribution in [2.24, 2.45) is 0 Å². The molecule has 1 heterocycles. The highest BCUT2D eigenvalue weighted by atomic mass is 16.5. The summed E-state index contributed by atoms with van der Waals surface area (Å²) < 4.78 is 11.5. The van der Waals surface area contributed by atoms with E-state index in [2.05, 4.69) is 103 Å². The van der Waals surface area contributed by atoms with E-state index >= 15 is 0 Å². The molecular formula is C29H33NO2. The largest absolute Gasteiger partial charge is 0.494 e. The van der Waals surface area contributed by atoms with Crippen LogP contribution in [0.5, 0.6) is 5.75 Å². The first-order chi connectivity index (χ1) is 15.8. The second-order valence-corrected chi connectivity index (χ2v) is 8.44. The summed E-state index contributed by atoms with van der Waals surface area (Å²) in [5.74, 6) is 1.22. The summed E-state index contributed by atoms with van der Waals surface area (Å²) >= 11 is 0. The van der Waals surface area contributed by atoms with Crippen LogP contribution in [0.1, 0.15) is 36.0 Å². The zero-order valence-corrected chi connectivity index (χ0v) is 18.9. The number of hydrogen-bond acceptors (Lipinski definition) is 3. The average molecular weight is 428 g/mol. The van der Waals surface area contributed by atoms with Crippen LogP contribution in [0.25, 0.3) is 5.57 Å². The Hall–Kier alpha value is -2.88. The maximum absolute atomic E-state index is 6.00. The van der Waals surface area contributed by atoms with Gasteiger partial charge in [-0.25, -0.2) is 0 Å². The van der Waals surface area contributed by atoms with Gasteiger partial charge < -0.3 is 14.8 Å². The molecule has 1 saturated heterocycles. The molecule has 3 aromatic carbocycles. The van der Waals surface area contributed by atoms with Crippen molar-refractivity contribution >= 4 is 5.57 Å². The van der Waals surface area contributed by atoms with Crippen LogP contribution >= 0.6 is 0 Å². The van der Waals surface area contributed by atoms with E-state index in [9.17, 15) is 0 Å². The molecule has 1 aliphatic rings. The van der Waals surface area contributed by atoms with Crippen LogP contribution in [0.3, 0.4) is 0 Å². The lowest BCUT2D eigenvalue weighted by atomic mass is 9.89. The predicted octanol–water partition coefficient (Wildman–Crippen LogP) is 5.87. The quantitative estimate of drug-likeness (QED) is 0.463. The van der Waals surface area contributed by atoms with Crippen LogP contribution in [-0.2, 0) is 11.2 Å². The van der Waals surface area contributed by atoms with Crippen LogP contribution in [0.2, 0.25) is 0 Å². The Morgan fingerprint density at radius 1 is 1.00 bits per heavy atom. The van der Waals surface area contributed by atoms with Gasteiger partial charge in [0.25, 0.3) is 0 Å². The number of rotatable bonds is 9. The predicted molar refractivity (Wildman–Crippen MR) is 132 cm³/mol. The minimum atomic E-state index is 0.301. The molecule has 0 saturated carbocycles. The number of ether oxygens (including phenoxy) is 2. The summed E-state index contributed by atoms with van der Waals surface area (Å²) in [5, 5.41) is 3.47. The SMILES string of the molecule is CC(=CC(Cc1ccccc1)c1ccc(OCCC2COCCN2)cc1)c1ccccc1. The number of nitrogens with one attached hydrogen (secondary N) is 1. The molecule has 3 heteroatoms. The van der Waals surface area contributed by atoms with Gasteiger partial charge in [0.15, 0.2) is 0 Å². The fourth-order valence-corrected chi connectivity index (χ4v) is 4.18. The molecule has 0 spiro atoms. The highest BCUT2D eigenvalue weighted by Crippen LogP contribution is 2.28. The Labute approximate surface area is 192 Å². The minimum absolute atomic E-state index is 0.301. The Kier molecular flexibility index (Phi) is 8.13. The lowest BCUT2D eigenvalue weighted by Gasteiger charge is -2.23. The van der Waals surface area contributed by atoms with Crippen molar-refractivity contribution in [2.45, 2.75) is 31.7 Å². The monoisotopic (exact) mass is 427 g/mol. The van der Waals surface area contributed by atoms with E-state index in [1.807, 2.05) is 0 Å². The highest BCUT2D eigenvalue weighted by Gasteiger charge is 2.14. The van der Waals surface area contributed by atoms with E-state index in [1.165, 1.54) is 22.3 Å². The lowest BCUT2D eigenvalue weighted by molar-refractivity contribution is 0.0691. The molecule has 32 heavy (non-hydrogen) atoms. The third-order valence-corrected chi connectivity index (χ3v) is 6.02. The van der Waals surface area contributed by atoms with Crippen molar-refractivity contribution in [1.29, 1.82) is 0 Å². The van der Waals surface area contributed by atoms with Gasteiger partial charge in [-0.1, -0.05) is 78.9 Å². The van der Waals surface area contributed by atoms with Gasteiger partial charge >= 0.3 is 0 Å².